The van der Waals surface area contributed by atoms with Gasteiger partial charge in [0.1, 0.15) is 5.75 Å². The highest BCUT2D eigenvalue weighted by Gasteiger charge is 2.37. The third-order valence-electron chi connectivity index (χ3n) is 5.78. The number of amides is 1. The van der Waals surface area contributed by atoms with Gasteiger partial charge in [-0.1, -0.05) is 12.1 Å². The molecule has 0 saturated carbocycles. The Kier molecular flexibility index (Phi) is 5.62. The summed E-state index contributed by atoms with van der Waals surface area (Å²) >= 11 is 0. The van der Waals surface area contributed by atoms with Crippen molar-refractivity contribution in [1.82, 2.24) is 9.47 Å². The van der Waals surface area contributed by atoms with E-state index < -0.39 is 23.7 Å². The Morgan fingerprint density at radius 2 is 1.78 bits per heavy atom. The van der Waals surface area contributed by atoms with Crippen molar-refractivity contribution in [1.29, 1.82) is 0 Å². The van der Waals surface area contributed by atoms with Crippen LogP contribution in [-0.4, -0.2) is 43.1 Å². The molecular formula is C24H24F3N3O2. The quantitative estimate of drug-likeness (QED) is 0.580. The molecular weight excluding hydrogens is 419 g/mol. The maximum Gasteiger partial charge on any atom is 0.419 e. The van der Waals surface area contributed by atoms with Crippen LogP contribution in [0.3, 0.4) is 0 Å². The van der Waals surface area contributed by atoms with Crippen LogP contribution in [0.15, 0.2) is 60.8 Å². The molecule has 1 aliphatic rings. The number of carbonyl (C=O) groups excluding carboxylic acids is 1. The molecule has 2 heterocycles. The van der Waals surface area contributed by atoms with E-state index >= 15 is 0 Å². The number of anilines is 1. The molecule has 3 aromatic rings. The number of hydrogen-bond acceptors (Lipinski definition) is 3. The molecule has 0 aliphatic carbocycles. The number of nitrogens with zero attached hydrogens (tertiary/aromatic N) is 3. The average molecular weight is 443 g/mol. The molecule has 0 saturated heterocycles. The fourth-order valence-electron chi connectivity index (χ4n) is 4.14. The molecule has 168 valence electrons. The second-order valence-electron chi connectivity index (χ2n) is 7.93. The first-order chi connectivity index (χ1) is 15.2. The number of aromatic nitrogens is 1. The Bertz CT molecular complexity index is 1120. The maximum atomic E-state index is 13.5. The Balaban J connectivity index is 1.75. The van der Waals surface area contributed by atoms with E-state index in [0.717, 1.165) is 23.0 Å². The first-order valence-corrected chi connectivity index (χ1v) is 10.2. The number of benzene rings is 2. The second kappa shape index (κ2) is 8.26. The first kappa shape index (κ1) is 21.8. The topological polar surface area (TPSA) is 37.7 Å². The van der Waals surface area contributed by atoms with Crippen molar-refractivity contribution in [2.45, 2.75) is 18.8 Å². The molecule has 8 heteroatoms. The number of hydrogen-bond donors (Lipinski definition) is 0. The van der Waals surface area contributed by atoms with Crippen LogP contribution in [0, 0.1) is 0 Å². The number of ether oxygens (including phenoxy) is 1. The van der Waals surface area contributed by atoms with Gasteiger partial charge in [0.15, 0.2) is 0 Å². The van der Waals surface area contributed by atoms with E-state index in [1.807, 2.05) is 61.6 Å². The summed E-state index contributed by atoms with van der Waals surface area (Å²) in [4.78, 5) is 17.1. The lowest BCUT2D eigenvalue weighted by Crippen LogP contribution is -2.42. The van der Waals surface area contributed by atoms with Gasteiger partial charge >= 0.3 is 6.18 Å². The van der Waals surface area contributed by atoms with Crippen molar-refractivity contribution in [2.75, 3.05) is 32.6 Å². The monoisotopic (exact) mass is 443 g/mol. The van der Waals surface area contributed by atoms with Gasteiger partial charge in [0.25, 0.3) is 5.91 Å². The summed E-state index contributed by atoms with van der Waals surface area (Å²) in [5.41, 5.74) is 1.86. The van der Waals surface area contributed by atoms with Crippen molar-refractivity contribution in [3.05, 3.63) is 83.2 Å². The molecule has 0 bridgehead atoms. The highest BCUT2D eigenvalue weighted by Crippen LogP contribution is 2.38. The molecule has 2 aromatic carbocycles. The smallest absolute Gasteiger partial charge is 0.419 e. The molecule has 1 aliphatic heterocycles. The van der Waals surface area contributed by atoms with E-state index in [-0.39, 0.29) is 11.3 Å². The van der Waals surface area contributed by atoms with Crippen LogP contribution in [-0.2, 0) is 12.7 Å². The third kappa shape index (κ3) is 3.92. The molecule has 1 aromatic heterocycles. The van der Waals surface area contributed by atoms with Gasteiger partial charge in [0.2, 0.25) is 0 Å². The van der Waals surface area contributed by atoms with Crippen molar-refractivity contribution in [3.63, 3.8) is 0 Å². The largest absolute Gasteiger partial charge is 0.496 e. The van der Waals surface area contributed by atoms with Crippen LogP contribution in [0.25, 0.3) is 0 Å². The summed E-state index contributed by atoms with van der Waals surface area (Å²) in [6.45, 7) is 0.955. The summed E-state index contributed by atoms with van der Waals surface area (Å²) < 4.78 is 47.5. The molecule has 1 atom stereocenters. The summed E-state index contributed by atoms with van der Waals surface area (Å²) in [6.07, 6.45) is -2.67. The van der Waals surface area contributed by atoms with E-state index in [2.05, 4.69) is 4.57 Å². The summed E-state index contributed by atoms with van der Waals surface area (Å²) in [5, 5.41) is 0. The fourth-order valence-corrected chi connectivity index (χ4v) is 4.14. The Hall–Kier alpha value is -3.42. The average Bonchev–Trinajstić information content (AvgIpc) is 3.26. The minimum Gasteiger partial charge on any atom is -0.496 e. The normalized spacial score (nSPS) is 15.9. The van der Waals surface area contributed by atoms with Crippen LogP contribution in [0.5, 0.6) is 5.75 Å². The van der Waals surface area contributed by atoms with Gasteiger partial charge in [-0.2, -0.15) is 13.2 Å². The Labute approximate surface area is 184 Å². The third-order valence-corrected chi connectivity index (χ3v) is 5.78. The van der Waals surface area contributed by atoms with Gasteiger partial charge in [-0.3, -0.25) is 4.79 Å². The van der Waals surface area contributed by atoms with Gasteiger partial charge < -0.3 is 19.1 Å². The predicted octanol–water partition coefficient (Wildman–Crippen LogP) is 4.83. The molecule has 4 rings (SSSR count). The number of halogens is 3. The summed E-state index contributed by atoms with van der Waals surface area (Å²) in [5.74, 6) is -0.760. The minimum absolute atomic E-state index is 0.0203. The van der Waals surface area contributed by atoms with Crippen molar-refractivity contribution >= 4 is 11.6 Å². The summed E-state index contributed by atoms with van der Waals surface area (Å²) in [6, 6.07) is 14.8. The van der Waals surface area contributed by atoms with Crippen molar-refractivity contribution in [2.24, 2.45) is 0 Å². The zero-order chi connectivity index (χ0) is 23.0. The number of methoxy groups -OCH3 is 1. The maximum absolute atomic E-state index is 13.5. The molecule has 0 fully saturated rings. The van der Waals surface area contributed by atoms with Crippen molar-refractivity contribution in [3.8, 4) is 5.75 Å². The molecule has 0 spiro atoms. The van der Waals surface area contributed by atoms with E-state index in [9.17, 15) is 18.0 Å². The van der Waals surface area contributed by atoms with Gasteiger partial charge in [-0.25, -0.2) is 0 Å². The van der Waals surface area contributed by atoms with Crippen molar-refractivity contribution < 1.29 is 22.7 Å². The zero-order valence-corrected chi connectivity index (χ0v) is 18.1. The molecule has 0 unspecified atom stereocenters. The lowest BCUT2D eigenvalue weighted by molar-refractivity contribution is -0.138. The minimum atomic E-state index is -4.63. The zero-order valence-electron chi connectivity index (χ0n) is 18.1. The Morgan fingerprint density at radius 1 is 1.06 bits per heavy atom. The lowest BCUT2D eigenvalue weighted by atomic mass is 9.98. The number of rotatable bonds is 4. The Morgan fingerprint density at radius 3 is 2.41 bits per heavy atom. The van der Waals surface area contributed by atoms with E-state index in [0.29, 0.717) is 13.1 Å². The summed E-state index contributed by atoms with van der Waals surface area (Å²) in [7, 11) is 5.06. The van der Waals surface area contributed by atoms with Gasteiger partial charge in [0, 0.05) is 50.3 Å². The lowest BCUT2D eigenvalue weighted by Gasteiger charge is -2.37. The number of carbonyl (C=O) groups is 1. The fraction of sp³-hybridized carbons (Fsp3) is 0.292. The standard InChI is InChI=1S/C24H24F3N3O2/c1-28(2)18-9-6-16(7-10-18)22-20-5-4-12-29(20)13-14-30(22)23(31)17-8-11-21(32-3)19(15-17)24(25,26)27/h4-12,15,22H,13-14H2,1-3H3/t22-/m1/s1. The van der Waals surface area contributed by atoms with Gasteiger partial charge in [-0.05, 0) is 48.0 Å². The number of alkyl halides is 3. The van der Waals surface area contributed by atoms with Gasteiger partial charge in [-0.15, -0.1) is 0 Å². The molecule has 32 heavy (non-hydrogen) atoms. The van der Waals surface area contributed by atoms with Crippen LogP contribution in [0.4, 0.5) is 18.9 Å². The van der Waals surface area contributed by atoms with Crippen LogP contribution >= 0.6 is 0 Å². The predicted molar refractivity (Wildman–Crippen MR) is 116 cm³/mol. The molecule has 0 N–H and O–H groups in total. The van der Waals surface area contributed by atoms with E-state index in [4.69, 9.17) is 4.74 Å². The highest BCUT2D eigenvalue weighted by molar-refractivity contribution is 5.95. The van der Waals surface area contributed by atoms with Crippen LogP contribution < -0.4 is 9.64 Å². The SMILES string of the molecule is COc1ccc(C(=O)N2CCn3cccc3[C@H]2c2ccc(N(C)C)cc2)cc1C(F)(F)F. The van der Waals surface area contributed by atoms with Crippen LogP contribution in [0.1, 0.15) is 33.2 Å². The molecule has 5 nitrogen and oxygen atoms in total. The van der Waals surface area contributed by atoms with Gasteiger partial charge in [0.05, 0.1) is 18.7 Å². The first-order valence-electron chi connectivity index (χ1n) is 10.2. The second-order valence-corrected chi connectivity index (χ2v) is 7.93. The molecule has 1 amide bonds. The number of fused-ring (bicyclic) bond motifs is 1. The van der Waals surface area contributed by atoms with Crippen LogP contribution in [0.2, 0.25) is 0 Å². The van der Waals surface area contributed by atoms with E-state index in [1.54, 1.807) is 4.90 Å². The molecule has 0 radical (unpaired) electrons. The highest BCUT2D eigenvalue weighted by atomic mass is 19.4. The van der Waals surface area contributed by atoms with E-state index in [1.165, 1.54) is 19.2 Å².